The maximum atomic E-state index is 13.9. The molecule has 5 rings (SSSR count). The number of carbonyl (C=O) groups excluding carboxylic acids is 1. The number of benzene rings is 3. The fourth-order valence-corrected chi connectivity index (χ4v) is 6.23. The van der Waals surface area contributed by atoms with Crippen molar-refractivity contribution in [1.29, 1.82) is 0 Å². The maximum absolute atomic E-state index is 13.9. The van der Waals surface area contributed by atoms with Crippen molar-refractivity contribution in [3.63, 3.8) is 0 Å². The molecular weight excluding hydrogens is 527 g/mol. The van der Waals surface area contributed by atoms with Gasteiger partial charge in [-0.2, -0.15) is 4.98 Å². The molecule has 0 radical (unpaired) electrons. The third-order valence-electron chi connectivity index (χ3n) is 6.70. The van der Waals surface area contributed by atoms with Crippen molar-refractivity contribution in [1.82, 2.24) is 9.29 Å². The zero-order valence-electron chi connectivity index (χ0n) is 21.5. The molecule has 0 bridgehead atoms. The van der Waals surface area contributed by atoms with Crippen LogP contribution in [0.4, 0.5) is 10.4 Å². The Kier molecular flexibility index (Phi) is 6.91. The van der Waals surface area contributed by atoms with Crippen molar-refractivity contribution in [2.24, 2.45) is 5.73 Å². The van der Waals surface area contributed by atoms with Crippen LogP contribution in [0.3, 0.4) is 0 Å². The number of nitrogens with zero attached hydrogens (tertiary/aromatic N) is 3. The Labute approximate surface area is 224 Å². The van der Waals surface area contributed by atoms with E-state index in [0.717, 1.165) is 10.4 Å². The van der Waals surface area contributed by atoms with Gasteiger partial charge in [-0.25, -0.2) is 17.1 Å². The lowest BCUT2D eigenvalue weighted by molar-refractivity contribution is -0.119. The third kappa shape index (κ3) is 4.77. The summed E-state index contributed by atoms with van der Waals surface area (Å²) >= 11 is 0. The molecular formula is C27H27FN4O6S. The van der Waals surface area contributed by atoms with Crippen LogP contribution in [0.15, 0.2) is 65.1 Å². The molecule has 1 aliphatic rings. The number of carbonyl (C=O) groups is 1. The molecule has 2 N–H and O–H groups in total. The van der Waals surface area contributed by atoms with Gasteiger partial charge in [-0.05, 0) is 41.5 Å². The average molecular weight is 555 g/mol. The summed E-state index contributed by atoms with van der Waals surface area (Å²) in [7, 11) is 0.158. The zero-order valence-corrected chi connectivity index (χ0v) is 22.3. The normalized spacial score (nSPS) is 17.3. The Morgan fingerprint density at radius 2 is 1.92 bits per heavy atom. The lowest BCUT2D eigenvalue weighted by Gasteiger charge is -2.41. The highest BCUT2D eigenvalue weighted by Crippen LogP contribution is 2.44. The Hall–Kier alpha value is -4.16. The molecule has 1 aromatic heterocycles. The molecule has 0 aliphatic carbocycles. The Balaban J connectivity index is 1.71. The van der Waals surface area contributed by atoms with Crippen molar-refractivity contribution in [3.8, 4) is 11.5 Å². The lowest BCUT2D eigenvalue weighted by Crippen LogP contribution is -2.55. The van der Waals surface area contributed by atoms with Crippen LogP contribution in [0.2, 0.25) is 0 Å². The van der Waals surface area contributed by atoms with Crippen LogP contribution in [0.5, 0.6) is 11.5 Å². The minimum absolute atomic E-state index is 0.0296. The summed E-state index contributed by atoms with van der Waals surface area (Å²) in [6.45, 7) is 0.0543. The quantitative estimate of drug-likeness (QED) is 0.351. The van der Waals surface area contributed by atoms with E-state index in [1.165, 1.54) is 38.2 Å². The molecule has 204 valence electrons. The fraction of sp³-hybridized carbons (Fsp3) is 0.259. The minimum atomic E-state index is -4.13. The molecule has 2 unspecified atom stereocenters. The molecule has 0 saturated heterocycles. The van der Waals surface area contributed by atoms with Gasteiger partial charge in [-0.15, -0.1) is 0 Å². The summed E-state index contributed by atoms with van der Waals surface area (Å²) in [6.07, 6.45) is 0.0296. The van der Waals surface area contributed by atoms with Crippen molar-refractivity contribution in [3.05, 3.63) is 83.2 Å². The number of anilines is 1. The molecule has 0 fully saturated rings. The second-order valence-corrected chi connectivity index (χ2v) is 11.4. The van der Waals surface area contributed by atoms with Crippen LogP contribution < -0.4 is 20.1 Å². The number of nitrogens with two attached hydrogens (primary N) is 1. The van der Waals surface area contributed by atoms with Gasteiger partial charge in [0.1, 0.15) is 35.5 Å². The standard InChI is InChI=1S/C27H27FN4O6S/c1-31(2)39(34,35)26-18-10-12-23(36-3)20(15-37-17-7-5-4-6-8-17)19(18)14-22(25(29)33)32(26)27-30-21-11-9-16(28)13-24(21)38-27/h4-13,22,26H,14-15H2,1-3H3,(H2,29,33). The molecule has 1 aliphatic heterocycles. The molecule has 12 heteroatoms. The van der Waals surface area contributed by atoms with Crippen LogP contribution in [0.1, 0.15) is 22.1 Å². The number of hydrogen-bond donors (Lipinski definition) is 1. The zero-order chi connectivity index (χ0) is 27.9. The number of hydrogen-bond acceptors (Lipinski definition) is 8. The molecule has 2 atom stereocenters. The Bertz CT molecular complexity index is 1640. The van der Waals surface area contributed by atoms with Gasteiger partial charge in [0.2, 0.25) is 15.9 Å². The van der Waals surface area contributed by atoms with Crippen LogP contribution in [0, 0.1) is 5.82 Å². The average Bonchev–Trinajstić information content (AvgIpc) is 3.33. The highest BCUT2D eigenvalue weighted by molar-refractivity contribution is 7.89. The number of oxazole rings is 1. The first-order valence-corrected chi connectivity index (χ1v) is 13.5. The number of para-hydroxylation sites is 1. The molecule has 0 saturated carbocycles. The Morgan fingerprint density at radius 3 is 2.59 bits per heavy atom. The van der Waals surface area contributed by atoms with E-state index in [1.54, 1.807) is 24.3 Å². The van der Waals surface area contributed by atoms with Gasteiger partial charge in [0.05, 0.1) is 7.11 Å². The maximum Gasteiger partial charge on any atom is 0.300 e. The number of sulfonamides is 1. The third-order valence-corrected chi connectivity index (χ3v) is 8.77. The van der Waals surface area contributed by atoms with Crippen LogP contribution in [0.25, 0.3) is 11.1 Å². The molecule has 4 aromatic rings. The van der Waals surface area contributed by atoms with Crippen LogP contribution in [-0.4, -0.2) is 50.9 Å². The largest absolute Gasteiger partial charge is 0.496 e. The summed E-state index contributed by atoms with van der Waals surface area (Å²) in [5.41, 5.74) is 7.79. The molecule has 1 amide bonds. The minimum Gasteiger partial charge on any atom is -0.496 e. The number of amides is 1. The van der Waals surface area contributed by atoms with Crippen molar-refractivity contribution in [2.45, 2.75) is 24.4 Å². The number of methoxy groups -OCH3 is 1. The van der Waals surface area contributed by atoms with Crippen molar-refractivity contribution < 1.29 is 31.5 Å². The van der Waals surface area contributed by atoms with Gasteiger partial charge >= 0.3 is 0 Å². The summed E-state index contributed by atoms with van der Waals surface area (Å²) in [5, 5.41) is -1.44. The molecule has 10 nitrogen and oxygen atoms in total. The van der Waals surface area contributed by atoms with Crippen LogP contribution in [-0.2, 0) is 27.8 Å². The number of halogens is 1. The Morgan fingerprint density at radius 1 is 1.18 bits per heavy atom. The van der Waals surface area contributed by atoms with Crippen LogP contribution >= 0.6 is 0 Å². The number of rotatable bonds is 8. The lowest BCUT2D eigenvalue weighted by atomic mass is 9.89. The first-order chi connectivity index (χ1) is 18.6. The van der Waals surface area contributed by atoms with Crippen molar-refractivity contribution >= 4 is 33.0 Å². The summed E-state index contributed by atoms with van der Waals surface area (Å²) < 4.78 is 60.0. The first-order valence-electron chi connectivity index (χ1n) is 12.0. The predicted octanol–water partition coefficient (Wildman–Crippen LogP) is 3.36. The number of aromatic nitrogens is 1. The monoisotopic (exact) mass is 554 g/mol. The molecule has 0 spiro atoms. The van der Waals surface area contributed by atoms with E-state index < -0.39 is 33.2 Å². The van der Waals surface area contributed by atoms with Gasteiger partial charge in [-0.1, -0.05) is 24.3 Å². The highest BCUT2D eigenvalue weighted by atomic mass is 32.2. The van der Waals surface area contributed by atoms with E-state index in [9.17, 15) is 17.6 Å². The topological polar surface area (TPSA) is 128 Å². The number of primary amides is 1. The number of ether oxygens (including phenoxy) is 2. The molecule has 2 heterocycles. The van der Waals surface area contributed by atoms with Gasteiger partial charge in [0.25, 0.3) is 6.01 Å². The predicted molar refractivity (Wildman–Crippen MR) is 142 cm³/mol. The van der Waals surface area contributed by atoms with Gasteiger partial charge in [0.15, 0.2) is 11.0 Å². The van der Waals surface area contributed by atoms with Gasteiger partial charge in [0, 0.05) is 32.1 Å². The van der Waals surface area contributed by atoms with E-state index in [-0.39, 0.29) is 24.6 Å². The highest BCUT2D eigenvalue weighted by Gasteiger charge is 2.48. The van der Waals surface area contributed by atoms with E-state index in [1.807, 2.05) is 18.2 Å². The summed E-state index contributed by atoms with van der Waals surface area (Å²) in [6, 6.07) is 14.8. The second-order valence-electron chi connectivity index (χ2n) is 9.23. The van der Waals surface area contributed by atoms with E-state index in [0.29, 0.717) is 33.7 Å². The summed E-state index contributed by atoms with van der Waals surface area (Å²) in [4.78, 5) is 18.5. The first kappa shape index (κ1) is 26.4. The van der Waals surface area contributed by atoms with E-state index in [2.05, 4.69) is 4.98 Å². The second kappa shape index (κ2) is 10.2. The summed E-state index contributed by atoms with van der Waals surface area (Å²) in [5.74, 6) is -0.254. The molecule has 3 aromatic carbocycles. The molecule has 39 heavy (non-hydrogen) atoms. The van der Waals surface area contributed by atoms with E-state index in [4.69, 9.17) is 19.6 Å². The fourth-order valence-electron chi connectivity index (χ4n) is 4.76. The van der Waals surface area contributed by atoms with E-state index >= 15 is 0 Å². The number of fused-ring (bicyclic) bond motifs is 2. The van der Waals surface area contributed by atoms with Gasteiger partial charge < -0.3 is 19.6 Å². The smallest absolute Gasteiger partial charge is 0.300 e. The van der Waals surface area contributed by atoms with Gasteiger partial charge in [-0.3, -0.25) is 9.69 Å². The SMILES string of the molecule is COc1ccc2c(c1COc1ccccc1)CC(C(N)=O)N(c1nc3ccc(F)cc3o1)C2S(=O)(=O)N(C)C. The van der Waals surface area contributed by atoms with Crippen molar-refractivity contribution in [2.75, 3.05) is 26.1 Å².